The van der Waals surface area contributed by atoms with E-state index in [4.69, 9.17) is 5.84 Å². The predicted molar refractivity (Wildman–Crippen MR) is 65.4 cm³/mol. The molecule has 2 saturated carbocycles. The molecule has 0 saturated heterocycles. The molecule has 0 radical (unpaired) electrons. The first-order valence-corrected chi connectivity index (χ1v) is 6.60. The van der Waals surface area contributed by atoms with Gasteiger partial charge in [0.2, 0.25) is 0 Å². The molecule has 2 aliphatic rings. The number of fused-ring (bicyclic) bond motifs is 2. The number of hydrogen-bond acceptors (Lipinski definition) is 2. The van der Waals surface area contributed by atoms with Crippen molar-refractivity contribution in [2.45, 2.75) is 31.7 Å². The third kappa shape index (κ3) is 1.93. The highest BCUT2D eigenvalue weighted by atomic mass is 19.1. The number of hydrazine groups is 1. The Labute approximate surface area is 106 Å². The standard InChI is InChI=1S/C14H18F2N2/c15-10-3-4-11(13(16)7-10)14(18-17)12-6-8-1-2-9(12)5-8/h3-4,7-9,12,14,18H,1-2,5-6,17H2. The second-order valence-electron chi connectivity index (χ2n) is 5.65. The lowest BCUT2D eigenvalue weighted by Crippen LogP contribution is -2.36. The molecule has 18 heavy (non-hydrogen) atoms. The lowest BCUT2D eigenvalue weighted by atomic mass is 9.80. The Kier molecular flexibility index (Phi) is 3.08. The maximum atomic E-state index is 13.8. The van der Waals surface area contributed by atoms with Crippen LogP contribution in [0, 0.1) is 29.4 Å². The molecule has 4 heteroatoms. The van der Waals surface area contributed by atoms with Crippen molar-refractivity contribution in [2.24, 2.45) is 23.6 Å². The lowest BCUT2D eigenvalue weighted by molar-refractivity contribution is 0.247. The molecule has 0 aliphatic heterocycles. The normalized spacial score (nSPS) is 31.8. The van der Waals surface area contributed by atoms with Crippen LogP contribution in [0.4, 0.5) is 8.78 Å². The van der Waals surface area contributed by atoms with Crippen LogP contribution in [0.15, 0.2) is 18.2 Å². The maximum absolute atomic E-state index is 13.8. The molecule has 2 fully saturated rings. The van der Waals surface area contributed by atoms with Crippen molar-refractivity contribution in [3.8, 4) is 0 Å². The summed E-state index contributed by atoms with van der Waals surface area (Å²) in [5.74, 6) is 6.37. The Morgan fingerprint density at radius 3 is 2.61 bits per heavy atom. The number of nitrogens with two attached hydrogens (primary N) is 1. The first-order valence-electron chi connectivity index (χ1n) is 6.60. The van der Waals surface area contributed by atoms with Crippen molar-refractivity contribution in [2.75, 3.05) is 0 Å². The number of nitrogens with one attached hydrogen (secondary N) is 1. The Morgan fingerprint density at radius 1 is 1.22 bits per heavy atom. The molecule has 2 aliphatic carbocycles. The minimum Gasteiger partial charge on any atom is -0.271 e. The smallest absolute Gasteiger partial charge is 0.130 e. The topological polar surface area (TPSA) is 38.0 Å². The van der Waals surface area contributed by atoms with Gasteiger partial charge in [-0.25, -0.2) is 8.78 Å². The average Bonchev–Trinajstić information content (AvgIpc) is 2.95. The second kappa shape index (κ2) is 4.59. The van der Waals surface area contributed by atoms with Gasteiger partial charge in [-0.05, 0) is 43.1 Å². The SMILES string of the molecule is NNC(c1ccc(F)cc1F)C1CC2CCC1C2. The van der Waals surface area contributed by atoms with Gasteiger partial charge in [0, 0.05) is 11.6 Å². The van der Waals surface area contributed by atoms with E-state index in [1.807, 2.05) is 0 Å². The molecule has 2 bridgehead atoms. The van der Waals surface area contributed by atoms with Gasteiger partial charge in [0.1, 0.15) is 11.6 Å². The zero-order valence-corrected chi connectivity index (χ0v) is 10.2. The van der Waals surface area contributed by atoms with Crippen molar-refractivity contribution in [3.63, 3.8) is 0 Å². The molecule has 4 atom stereocenters. The fraction of sp³-hybridized carbons (Fsp3) is 0.571. The van der Waals surface area contributed by atoms with Gasteiger partial charge in [0.15, 0.2) is 0 Å². The fourth-order valence-corrected chi connectivity index (χ4v) is 3.90. The van der Waals surface area contributed by atoms with E-state index in [9.17, 15) is 8.78 Å². The van der Waals surface area contributed by atoms with Gasteiger partial charge in [0.05, 0.1) is 6.04 Å². The van der Waals surface area contributed by atoms with Gasteiger partial charge >= 0.3 is 0 Å². The molecule has 3 rings (SSSR count). The molecule has 98 valence electrons. The second-order valence-corrected chi connectivity index (χ2v) is 5.65. The molecule has 2 nitrogen and oxygen atoms in total. The minimum absolute atomic E-state index is 0.194. The summed E-state index contributed by atoms with van der Waals surface area (Å²) in [5.41, 5.74) is 3.24. The molecule has 4 unspecified atom stereocenters. The highest BCUT2D eigenvalue weighted by Gasteiger charge is 2.43. The highest BCUT2D eigenvalue weighted by molar-refractivity contribution is 5.23. The first kappa shape index (κ1) is 12.1. The molecular weight excluding hydrogens is 234 g/mol. The third-order valence-corrected chi connectivity index (χ3v) is 4.70. The van der Waals surface area contributed by atoms with Crippen molar-refractivity contribution in [1.82, 2.24) is 5.43 Å². The molecule has 3 N–H and O–H groups in total. The Balaban J connectivity index is 1.88. The summed E-state index contributed by atoms with van der Waals surface area (Å²) < 4.78 is 26.8. The van der Waals surface area contributed by atoms with E-state index in [0.29, 0.717) is 17.4 Å². The van der Waals surface area contributed by atoms with E-state index in [-0.39, 0.29) is 6.04 Å². The van der Waals surface area contributed by atoms with Gasteiger partial charge in [-0.15, -0.1) is 0 Å². The van der Waals surface area contributed by atoms with Crippen LogP contribution >= 0.6 is 0 Å². The number of halogens is 2. The molecular formula is C14H18F2N2. The van der Waals surface area contributed by atoms with Crippen LogP contribution in [0.5, 0.6) is 0 Å². The number of benzene rings is 1. The molecule has 0 spiro atoms. The average molecular weight is 252 g/mol. The first-order chi connectivity index (χ1) is 8.69. The van der Waals surface area contributed by atoms with Gasteiger partial charge in [-0.1, -0.05) is 12.5 Å². The quantitative estimate of drug-likeness (QED) is 0.641. The molecule has 0 amide bonds. The van der Waals surface area contributed by atoms with Crippen molar-refractivity contribution >= 4 is 0 Å². The molecule has 1 aromatic rings. The van der Waals surface area contributed by atoms with Crippen LogP contribution in [0.3, 0.4) is 0 Å². The van der Waals surface area contributed by atoms with Gasteiger partial charge in [-0.3, -0.25) is 11.3 Å². The van der Waals surface area contributed by atoms with Crippen LogP contribution in [0.2, 0.25) is 0 Å². The summed E-state index contributed by atoms with van der Waals surface area (Å²) in [4.78, 5) is 0. The van der Waals surface area contributed by atoms with Crippen molar-refractivity contribution in [3.05, 3.63) is 35.4 Å². The van der Waals surface area contributed by atoms with Crippen molar-refractivity contribution < 1.29 is 8.78 Å². The zero-order valence-electron chi connectivity index (χ0n) is 10.2. The summed E-state index contributed by atoms with van der Waals surface area (Å²) in [5, 5.41) is 0. The molecule has 1 aromatic carbocycles. The van der Waals surface area contributed by atoms with Gasteiger partial charge < -0.3 is 0 Å². The van der Waals surface area contributed by atoms with Crippen LogP contribution in [-0.4, -0.2) is 0 Å². The molecule has 0 heterocycles. The number of hydrogen-bond donors (Lipinski definition) is 2. The van der Waals surface area contributed by atoms with Crippen molar-refractivity contribution in [1.29, 1.82) is 0 Å². The lowest BCUT2D eigenvalue weighted by Gasteiger charge is -2.30. The Hall–Kier alpha value is -1.00. The zero-order chi connectivity index (χ0) is 12.7. The van der Waals surface area contributed by atoms with E-state index in [1.165, 1.54) is 31.4 Å². The summed E-state index contributed by atoms with van der Waals surface area (Å²) >= 11 is 0. The molecule has 0 aromatic heterocycles. The summed E-state index contributed by atoms with van der Waals surface area (Å²) in [6.45, 7) is 0. The summed E-state index contributed by atoms with van der Waals surface area (Å²) in [6, 6.07) is 3.56. The highest BCUT2D eigenvalue weighted by Crippen LogP contribution is 2.52. The summed E-state index contributed by atoms with van der Waals surface area (Å²) in [7, 11) is 0. The van der Waals surface area contributed by atoms with Crippen LogP contribution in [0.1, 0.15) is 37.3 Å². The Bertz CT molecular complexity index is 449. The minimum atomic E-state index is -0.542. The van der Waals surface area contributed by atoms with E-state index >= 15 is 0 Å². The third-order valence-electron chi connectivity index (χ3n) is 4.70. The monoisotopic (exact) mass is 252 g/mol. The van der Waals surface area contributed by atoms with E-state index in [0.717, 1.165) is 18.4 Å². The van der Waals surface area contributed by atoms with E-state index in [2.05, 4.69) is 5.43 Å². The predicted octanol–water partition coefficient (Wildman–Crippen LogP) is 2.91. The Morgan fingerprint density at radius 2 is 2.06 bits per heavy atom. The van der Waals surface area contributed by atoms with Crippen LogP contribution in [-0.2, 0) is 0 Å². The van der Waals surface area contributed by atoms with E-state index in [1.54, 1.807) is 0 Å². The van der Waals surface area contributed by atoms with E-state index < -0.39 is 11.6 Å². The van der Waals surface area contributed by atoms with Gasteiger partial charge in [0.25, 0.3) is 0 Å². The largest absolute Gasteiger partial charge is 0.271 e. The fourth-order valence-electron chi connectivity index (χ4n) is 3.90. The maximum Gasteiger partial charge on any atom is 0.130 e. The summed E-state index contributed by atoms with van der Waals surface area (Å²) in [6.07, 6.45) is 4.86. The van der Waals surface area contributed by atoms with Crippen LogP contribution < -0.4 is 11.3 Å². The number of rotatable bonds is 3. The van der Waals surface area contributed by atoms with Crippen LogP contribution in [0.25, 0.3) is 0 Å². The van der Waals surface area contributed by atoms with Gasteiger partial charge in [-0.2, -0.15) is 0 Å².